The summed E-state index contributed by atoms with van der Waals surface area (Å²) in [7, 11) is 0. The van der Waals surface area contributed by atoms with Crippen LogP contribution in [0.4, 0.5) is 5.69 Å². The lowest BCUT2D eigenvalue weighted by molar-refractivity contribution is -0.114. The maximum Gasteiger partial charge on any atom is 0.238 e. The first-order valence-corrected chi connectivity index (χ1v) is 6.83. The van der Waals surface area contributed by atoms with Crippen molar-refractivity contribution in [2.45, 2.75) is 46.0 Å². The molecule has 1 rings (SSSR count). The van der Waals surface area contributed by atoms with E-state index in [1.807, 2.05) is 12.1 Å². The van der Waals surface area contributed by atoms with Gasteiger partial charge in [-0.05, 0) is 36.5 Å². The van der Waals surface area contributed by atoms with Crippen molar-refractivity contribution in [3.8, 4) is 0 Å². The molecule has 0 saturated heterocycles. The summed E-state index contributed by atoms with van der Waals surface area (Å²) in [5.41, 5.74) is 8.88. The number of rotatable bonds is 7. The average Bonchev–Trinajstić information content (AvgIpc) is 2.40. The number of hydrogen-bond acceptors (Lipinski definition) is 2. The van der Waals surface area contributed by atoms with E-state index in [0.29, 0.717) is 0 Å². The minimum Gasteiger partial charge on any atom is -0.325 e. The molecule has 0 unspecified atom stereocenters. The number of aryl methyl sites for hydroxylation is 1. The number of anilines is 1. The summed E-state index contributed by atoms with van der Waals surface area (Å²) < 4.78 is 0. The first-order valence-electron chi connectivity index (χ1n) is 6.83. The molecule has 1 aromatic carbocycles. The van der Waals surface area contributed by atoms with Gasteiger partial charge in [-0.25, -0.2) is 0 Å². The van der Waals surface area contributed by atoms with Gasteiger partial charge in [-0.1, -0.05) is 38.8 Å². The van der Waals surface area contributed by atoms with E-state index in [1.54, 1.807) is 0 Å². The Balaban J connectivity index is 2.89. The van der Waals surface area contributed by atoms with Gasteiger partial charge in [0.25, 0.3) is 0 Å². The Morgan fingerprint density at radius 2 is 2.06 bits per heavy atom. The Bertz CT molecular complexity index is 388. The largest absolute Gasteiger partial charge is 0.325 e. The Labute approximate surface area is 110 Å². The van der Waals surface area contributed by atoms with E-state index < -0.39 is 0 Å². The Morgan fingerprint density at radius 1 is 1.28 bits per heavy atom. The van der Waals surface area contributed by atoms with Gasteiger partial charge < -0.3 is 11.1 Å². The van der Waals surface area contributed by atoms with Crippen LogP contribution in [0.1, 0.15) is 44.2 Å². The highest BCUT2D eigenvalue weighted by atomic mass is 16.1. The van der Waals surface area contributed by atoms with E-state index >= 15 is 0 Å². The molecule has 0 aromatic heterocycles. The number of nitrogens with one attached hydrogen (secondary N) is 1. The zero-order chi connectivity index (χ0) is 13.4. The van der Waals surface area contributed by atoms with E-state index in [-0.39, 0.29) is 12.5 Å². The molecule has 0 spiro atoms. The quantitative estimate of drug-likeness (QED) is 0.729. The Hall–Kier alpha value is -1.35. The van der Waals surface area contributed by atoms with Crippen LogP contribution in [0, 0.1) is 0 Å². The van der Waals surface area contributed by atoms with Crippen molar-refractivity contribution in [1.29, 1.82) is 0 Å². The van der Waals surface area contributed by atoms with Crippen LogP contribution in [0.3, 0.4) is 0 Å². The molecular weight excluding hydrogens is 224 g/mol. The molecule has 3 N–H and O–H groups in total. The predicted octanol–water partition coefficient (Wildman–Crippen LogP) is 2.88. The maximum absolute atomic E-state index is 11.4. The van der Waals surface area contributed by atoms with Crippen molar-refractivity contribution in [1.82, 2.24) is 0 Å². The minimum absolute atomic E-state index is 0.0325. The van der Waals surface area contributed by atoms with Gasteiger partial charge in [0.15, 0.2) is 0 Å². The summed E-state index contributed by atoms with van der Waals surface area (Å²) in [5.74, 6) is -0.125. The van der Waals surface area contributed by atoms with Gasteiger partial charge in [0.2, 0.25) is 5.91 Å². The maximum atomic E-state index is 11.4. The molecule has 0 aliphatic rings. The smallest absolute Gasteiger partial charge is 0.238 e. The Kier molecular flexibility index (Phi) is 6.44. The van der Waals surface area contributed by atoms with Gasteiger partial charge in [-0.15, -0.1) is 0 Å². The molecule has 18 heavy (non-hydrogen) atoms. The zero-order valence-corrected chi connectivity index (χ0v) is 11.5. The monoisotopic (exact) mass is 248 g/mol. The normalized spacial score (nSPS) is 10.4. The molecule has 0 heterocycles. The van der Waals surface area contributed by atoms with Gasteiger partial charge in [0, 0.05) is 5.69 Å². The fourth-order valence-corrected chi connectivity index (χ4v) is 2.13. The fraction of sp³-hybridized carbons (Fsp3) is 0.533. The number of unbranched alkanes of at least 4 members (excludes halogenated alkanes) is 2. The number of carbonyl (C=O) groups is 1. The molecule has 100 valence electrons. The third-order valence-corrected chi connectivity index (χ3v) is 3.14. The van der Waals surface area contributed by atoms with Crippen molar-refractivity contribution < 1.29 is 4.79 Å². The van der Waals surface area contributed by atoms with E-state index in [2.05, 4.69) is 25.2 Å². The van der Waals surface area contributed by atoms with Crippen molar-refractivity contribution in [3.05, 3.63) is 29.3 Å². The van der Waals surface area contributed by atoms with E-state index in [9.17, 15) is 4.79 Å². The van der Waals surface area contributed by atoms with Gasteiger partial charge in [-0.2, -0.15) is 0 Å². The van der Waals surface area contributed by atoms with Crippen LogP contribution in [-0.4, -0.2) is 12.5 Å². The second-order valence-electron chi connectivity index (χ2n) is 4.51. The highest BCUT2D eigenvalue weighted by molar-refractivity contribution is 5.93. The van der Waals surface area contributed by atoms with Crippen LogP contribution in [0.25, 0.3) is 0 Å². The highest BCUT2D eigenvalue weighted by Gasteiger charge is 2.09. The van der Waals surface area contributed by atoms with Crippen molar-refractivity contribution >= 4 is 11.6 Å². The molecule has 0 aliphatic carbocycles. The minimum atomic E-state index is -0.125. The topological polar surface area (TPSA) is 55.1 Å². The van der Waals surface area contributed by atoms with Crippen molar-refractivity contribution in [2.24, 2.45) is 5.73 Å². The predicted molar refractivity (Wildman–Crippen MR) is 76.7 cm³/mol. The standard InChI is InChI=1S/C15H24N2O/c1-3-5-6-9-13-12(4-2)8-7-10-14(13)17-15(18)11-16/h7-8,10H,3-6,9,11,16H2,1-2H3,(H,17,18). The van der Waals surface area contributed by atoms with Crippen LogP contribution in [0.5, 0.6) is 0 Å². The fourth-order valence-electron chi connectivity index (χ4n) is 2.13. The van der Waals surface area contributed by atoms with Gasteiger partial charge in [-0.3, -0.25) is 4.79 Å². The summed E-state index contributed by atoms with van der Waals surface area (Å²) in [5, 5.41) is 2.90. The molecule has 1 amide bonds. The molecule has 0 atom stereocenters. The number of nitrogens with two attached hydrogens (primary N) is 1. The number of carbonyl (C=O) groups excluding carboxylic acids is 1. The van der Waals surface area contributed by atoms with E-state index in [0.717, 1.165) is 18.5 Å². The summed E-state index contributed by atoms with van der Waals surface area (Å²) in [6, 6.07) is 6.10. The van der Waals surface area contributed by atoms with E-state index in [1.165, 1.54) is 30.4 Å². The molecule has 0 fully saturated rings. The molecule has 0 aliphatic heterocycles. The lowest BCUT2D eigenvalue weighted by Crippen LogP contribution is -2.22. The van der Waals surface area contributed by atoms with E-state index in [4.69, 9.17) is 5.73 Å². The summed E-state index contributed by atoms with van der Waals surface area (Å²) in [6.45, 7) is 4.38. The lowest BCUT2D eigenvalue weighted by Gasteiger charge is -2.14. The van der Waals surface area contributed by atoms with Crippen LogP contribution >= 0.6 is 0 Å². The first kappa shape index (κ1) is 14.7. The summed E-state index contributed by atoms with van der Waals surface area (Å²) >= 11 is 0. The molecular formula is C15H24N2O. The second-order valence-corrected chi connectivity index (χ2v) is 4.51. The number of amides is 1. The molecule has 0 saturated carbocycles. The van der Waals surface area contributed by atoms with Crippen LogP contribution in [-0.2, 0) is 17.6 Å². The second kappa shape index (κ2) is 7.88. The molecule has 0 bridgehead atoms. The molecule has 0 radical (unpaired) electrons. The van der Waals surface area contributed by atoms with Gasteiger partial charge in [0.05, 0.1) is 6.54 Å². The third-order valence-electron chi connectivity index (χ3n) is 3.14. The van der Waals surface area contributed by atoms with Crippen LogP contribution < -0.4 is 11.1 Å². The van der Waals surface area contributed by atoms with Crippen molar-refractivity contribution in [2.75, 3.05) is 11.9 Å². The van der Waals surface area contributed by atoms with Crippen molar-refractivity contribution in [3.63, 3.8) is 0 Å². The summed E-state index contributed by atoms with van der Waals surface area (Å²) in [4.78, 5) is 11.4. The highest BCUT2D eigenvalue weighted by Crippen LogP contribution is 2.23. The molecule has 3 nitrogen and oxygen atoms in total. The molecule has 3 heteroatoms. The summed E-state index contributed by atoms with van der Waals surface area (Å²) in [6.07, 6.45) is 5.62. The lowest BCUT2D eigenvalue weighted by atomic mass is 9.97. The Morgan fingerprint density at radius 3 is 2.67 bits per heavy atom. The third kappa shape index (κ3) is 4.15. The van der Waals surface area contributed by atoms with Gasteiger partial charge >= 0.3 is 0 Å². The van der Waals surface area contributed by atoms with Crippen LogP contribution in [0.2, 0.25) is 0 Å². The first-order chi connectivity index (χ1) is 8.72. The average molecular weight is 248 g/mol. The van der Waals surface area contributed by atoms with Crippen LogP contribution in [0.15, 0.2) is 18.2 Å². The number of benzene rings is 1. The number of hydrogen-bond donors (Lipinski definition) is 2. The SMILES string of the molecule is CCCCCc1c(CC)cccc1NC(=O)CN. The zero-order valence-electron chi connectivity index (χ0n) is 11.5. The molecule has 1 aromatic rings. The van der Waals surface area contributed by atoms with Gasteiger partial charge in [0.1, 0.15) is 0 Å².